The predicted octanol–water partition coefficient (Wildman–Crippen LogP) is 3.61. The third kappa shape index (κ3) is 8.54. The SMILES string of the molecule is CN(CCOc1ccc(Cl)cc1)CC(=O)NCCc1ccc(OC(F)F)cc1. The lowest BCUT2D eigenvalue weighted by Crippen LogP contribution is -2.37. The minimum absolute atomic E-state index is 0.0911. The van der Waals surface area contributed by atoms with Crippen molar-refractivity contribution in [3.63, 3.8) is 0 Å². The zero-order valence-corrected chi connectivity index (χ0v) is 16.3. The molecule has 152 valence electrons. The molecule has 0 radical (unpaired) electrons. The van der Waals surface area contributed by atoms with Crippen molar-refractivity contribution in [3.05, 3.63) is 59.1 Å². The first kappa shape index (κ1) is 21.9. The van der Waals surface area contributed by atoms with Crippen LogP contribution in [0.25, 0.3) is 0 Å². The van der Waals surface area contributed by atoms with E-state index in [1.165, 1.54) is 12.1 Å². The summed E-state index contributed by atoms with van der Waals surface area (Å²) in [5.41, 5.74) is 0.923. The molecule has 0 fully saturated rings. The van der Waals surface area contributed by atoms with E-state index in [9.17, 15) is 13.6 Å². The maximum Gasteiger partial charge on any atom is 0.387 e. The van der Waals surface area contributed by atoms with Gasteiger partial charge in [-0.05, 0) is 55.4 Å². The molecule has 0 atom stereocenters. The summed E-state index contributed by atoms with van der Waals surface area (Å²) in [5, 5.41) is 3.49. The minimum atomic E-state index is -2.83. The molecule has 0 spiro atoms. The van der Waals surface area contributed by atoms with Crippen LogP contribution in [0.5, 0.6) is 11.5 Å². The number of amides is 1. The molecule has 5 nitrogen and oxygen atoms in total. The molecule has 0 heterocycles. The van der Waals surface area contributed by atoms with Gasteiger partial charge in [0.2, 0.25) is 5.91 Å². The second-order valence-corrected chi connectivity index (χ2v) is 6.60. The van der Waals surface area contributed by atoms with E-state index in [1.807, 2.05) is 11.9 Å². The second kappa shape index (κ2) is 11.5. The molecule has 1 amide bonds. The monoisotopic (exact) mass is 412 g/mol. The molecule has 8 heteroatoms. The third-order valence-electron chi connectivity index (χ3n) is 3.85. The van der Waals surface area contributed by atoms with Crippen molar-refractivity contribution < 1.29 is 23.0 Å². The average Bonchev–Trinajstić information content (AvgIpc) is 2.64. The molecule has 0 aliphatic rings. The van der Waals surface area contributed by atoms with Gasteiger partial charge in [0.25, 0.3) is 0 Å². The summed E-state index contributed by atoms with van der Waals surface area (Å²) in [5.74, 6) is 0.754. The Balaban J connectivity index is 1.60. The lowest BCUT2D eigenvalue weighted by molar-refractivity contribution is -0.121. The number of carbonyl (C=O) groups is 1. The van der Waals surface area contributed by atoms with Crippen LogP contribution < -0.4 is 14.8 Å². The van der Waals surface area contributed by atoms with E-state index in [4.69, 9.17) is 16.3 Å². The van der Waals surface area contributed by atoms with E-state index in [0.717, 1.165) is 11.3 Å². The predicted molar refractivity (Wildman–Crippen MR) is 104 cm³/mol. The summed E-state index contributed by atoms with van der Waals surface area (Å²) in [6.45, 7) is -1.06. The molecule has 0 saturated heterocycles. The quantitative estimate of drug-likeness (QED) is 0.612. The Labute approximate surface area is 168 Å². The molecule has 0 aliphatic carbocycles. The topological polar surface area (TPSA) is 50.8 Å². The Morgan fingerprint density at radius 2 is 1.75 bits per heavy atom. The van der Waals surface area contributed by atoms with Gasteiger partial charge in [0.05, 0.1) is 6.54 Å². The number of likely N-dealkylation sites (N-methyl/N-ethyl adjacent to an activating group) is 1. The van der Waals surface area contributed by atoms with Crippen LogP contribution in [0.2, 0.25) is 5.02 Å². The number of ether oxygens (including phenoxy) is 2. The molecule has 2 rings (SSSR count). The van der Waals surface area contributed by atoms with Gasteiger partial charge in [0, 0.05) is 18.1 Å². The average molecular weight is 413 g/mol. The number of benzene rings is 2. The smallest absolute Gasteiger partial charge is 0.387 e. The van der Waals surface area contributed by atoms with Gasteiger partial charge in [0.15, 0.2) is 0 Å². The van der Waals surface area contributed by atoms with Crippen LogP contribution in [-0.2, 0) is 11.2 Å². The fraction of sp³-hybridized carbons (Fsp3) is 0.350. The number of halogens is 3. The van der Waals surface area contributed by atoms with E-state index < -0.39 is 6.61 Å². The van der Waals surface area contributed by atoms with Gasteiger partial charge in [-0.25, -0.2) is 0 Å². The van der Waals surface area contributed by atoms with Crippen molar-refractivity contribution in [2.24, 2.45) is 0 Å². The molecule has 0 aliphatic heterocycles. The summed E-state index contributed by atoms with van der Waals surface area (Å²) in [4.78, 5) is 13.8. The number of nitrogens with one attached hydrogen (secondary N) is 1. The molecule has 0 aromatic heterocycles. The first-order valence-electron chi connectivity index (χ1n) is 8.80. The maximum absolute atomic E-state index is 12.1. The summed E-state index contributed by atoms with van der Waals surface area (Å²) in [6.07, 6.45) is 0.601. The van der Waals surface area contributed by atoms with Gasteiger partial charge in [-0.3, -0.25) is 9.69 Å². The van der Waals surface area contributed by atoms with Crippen molar-refractivity contribution in [1.82, 2.24) is 10.2 Å². The molecule has 28 heavy (non-hydrogen) atoms. The first-order chi connectivity index (χ1) is 13.4. The van der Waals surface area contributed by atoms with Crippen molar-refractivity contribution in [2.75, 3.05) is 33.3 Å². The van der Waals surface area contributed by atoms with Crippen molar-refractivity contribution in [1.29, 1.82) is 0 Å². The van der Waals surface area contributed by atoms with E-state index in [-0.39, 0.29) is 18.2 Å². The number of carbonyl (C=O) groups excluding carboxylic acids is 1. The Bertz CT molecular complexity index is 727. The molecule has 2 aromatic carbocycles. The molecule has 0 unspecified atom stereocenters. The lowest BCUT2D eigenvalue weighted by atomic mass is 10.1. The van der Waals surface area contributed by atoms with Crippen LogP contribution in [0.1, 0.15) is 5.56 Å². The van der Waals surface area contributed by atoms with E-state index in [1.54, 1.807) is 36.4 Å². The number of hydrogen-bond acceptors (Lipinski definition) is 4. The maximum atomic E-state index is 12.1. The van der Waals surface area contributed by atoms with Crippen LogP contribution in [0, 0.1) is 0 Å². The highest BCUT2D eigenvalue weighted by atomic mass is 35.5. The van der Waals surface area contributed by atoms with Crippen molar-refractivity contribution in [2.45, 2.75) is 13.0 Å². The van der Waals surface area contributed by atoms with Crippen LogP contribution >= 0.6 is 11.6 Å². The van der Waals surface area contributed by atoms with Crippen LogP contribution in [0.4, 0.5) is 8.78 Å². The molecular formula is C20H23ClF2N2O3. The molecule has 2 aromatic rings. The Morgan fingerprint density at radius 1 is 1.11 bits per heavy atom. The summed E-state index contributed by atoms with van der Waals surface area (Å²) in [7, 11) is 1.84. The zero-order chi connectivity index (χ0) is 20.4. The highest BCUT2D eigenvalue weighted by molar-refractivity contribution is 6.30. The largest absolute Gasteiger partial charge is 0.492 e. The molecule has 0 saturated carbocycles. The van der Waals surface area contributed by atoms with Gasteiger partial charge in [-0.1, -0.05) is 23.7 Å². The normalized spacial score (nSPS) is 10.9. The van der Waals surface area contributed by atoms with Crippen LogP contribution in [-0.4, -0.2) is 50.7 Å². The summed E-state index contributed by atoms with van der Waals surface area (Å²) >= 11 is 5.82. The van der Waals surface area contributed by atoms with E-state index in [2.05, 4.69) is 10.1 Å². The highest BCUT2D eigenvalue weighted by Crippen LogP contribution is 2.16. The van der Waals surface area contributed by atoms with Crippen molar-refractivity contribution in [3.8, 4) is 11.5 Å². The molecule has 0 bridgehead atoms. The first-order valence-corrected chi connectivity index (χ1v) is 9.17. The number of hydrogen-bond donors (Lipinski definition) is 1. The molecule has 1 N–H and O–H groups in total. The zero-order valence-electron chi connectivity index (χ0n) is 15.5. The van der Waals surface area contributed by atoms with Crippen molar-refractivity contribution >= 4 is 17.5 Å². The van der Waals surface area contributed by atoms with Gasteiger partial charge >= 0.3 is 6.61 Å². The minimum Gasteiger partial charge on any atom is -0.492 e. The Hall–Kier alpha value is -2.38. The Kier molecular flexibility index (Phi) is 8.97. The number of alkyl halides is 2. The summed E-state index contributed by atoms with van der Waals surface area (Å²) in [6, 6.07) is 13.5. The number of nitrogens with zero attached hydrogens (tertiary/aromatic N) is 1. The van der Waals surface area contributed by atoms with E-state index >= 15 is 0 Å². The number of rotatable bonds is 11. The van der Waals surface area contributed by atoms with Gasteiger partial charge < -0.3 is 14.8 Å². The second-order valence-electron chi connectivity index (χ2n) is 6.16. The highest BCUT2D eigenvalue weighted by Gasteiger charge is 2.07. The summed E-state index contributed by atoms with van der Waals surface area (Å²) < 4.78 is 34.1. The van der Waals surface area contributed by atoms with E-state index in [0.29, 0.717) is 31.1 Å². The fourth-order valence-corrected chi connectivity index (χ4v) is 2.54. The lowest BCUT2D eigenvalue weighted by Gasteiger charge is -2.16. The molecular weight excluding hydrogens is 390 g/mol. The standard InChI is InChI=1S/C20H23ClF2N2O3/c1-25(12-13-27-17-8-4-16(21)5-9-17)14-19(26)24-11-10-15-2-6-18(7-3-15)28-20(22)23/h2-9,20H,10-14H2,1H3,(H,24,26). The Morgan fingerprint density at radius 3 is 2.39 bits per heavy atom. The van der Waals surface area contributed by atoms with Gasteiger partial charge in [-0.2, -0.15) is 8.78 Å². The third-order valence-corrected chi connectivity index (χ3v) is 4.11. The van der Waals surface area contributed by atoms with Gasteiger partial charge in [-0.15, -0.1) is 0 Å². The van der Waals surface area contributed by atoms with Gasteiger partial charge in [0.1, 0.15) is 18.1 Å². The van der Waals surface area contributed by atoms with Crippen LogP contribution in [0.15, 0.2) is 48.5 Å². The fourth-order valence-electron chi connectivity index (χ4n) is 2.41. The van der Waals surface area contributed by atoms with Crippen LogP contribution in [0.3, 0.4) is 0 Å².